The van der Waals surface area contributed by atoms with Crippen molar-refractivity contribution < 1.29 is 4.79 Å². The number of carbonyl (C=O) groups is 1. The maximum absolute atomic E-state index is 10.5. The van der Waals surface area contributed by atoms with E-state index < -0.39 is 0 Å². The van der Waals surface area contributed by atoms with Gasteiger partial charge in [0.05, 0.1) is 0 Å². The van der Waals surface area contributed by atoms with Crippen molar-refractivity contribution in [3.8, 4) is 0 Å². The van der Waals surface area contributed by atoms with E-state index in [1.54, 1.807) is 0 Å². The van der Waals surface area contributed by atoms with E-state index in [0.717, 1.165) is 25.7 Å². The molecule has 0 radical (unpaired) electrons. The van der Waals surface area contributed by atoms with Crippen molar-refractivity contribution in [3.63, 3.8) is 0 Å². The van der Waals surface area contributed by atoms with Gasteiger partial charge in [0.25, 0.3) is 0 Å². The van der Waals surface area contributed by atoms with E-state index in [-0.39, 0.29) is 0 Å². The van der Waals surface area contributed by atoms with Crippen LogP contribution in [0.2, 0.25) is 6.04 Å². The number of ketones is 1. The number of carbonyl (C=O) groups excluding carboxylic acids is 1. The van der Waals surface area contributed by atoms with Crippen LogP contribution in [0, 0.1) is 0 Å². The summed E-state index contributed by atoms with van der Waals surface area (Å²) < 4.78 is 0. The molecule has 1 rings (SSSR count). The predicted molar refractivity (Wildman–Crippen MR) is 48.5 cm³/mol. The molecule has 1 saturated carbocycles. The summed E-state index contributed by atoms with van der Waals surface area (Å²) in [7, 11) is 1.37. The molecule has 0 spiro atoms. The first kappa shape index (κ1) is 9.89. The van der Waals surface area contributed by atoms with E-state index in [9.17, 15) is 4.79 Å². The highest BCUT2D eigenvalue weighted by Crippen LogP contribution is 2.12. The molecule has 0 aliphatic heterocycles. The van der Waals surface area contributed by atoms with Crippen molar-refractivity contribution in [2.75, 3.05) is 0 Å². The molecule has 0 aromatic heterocycles. The molecule has 60 valence electrons. The molecule has 0 saturated heterocycles. The minimum atomic E-state index is 0.464. The summed E-state index contributed by atoms with van der Waals surface area (Å²) in [5.41, 5.74) is 0. The van der Waals surface area contributed by atoms with Gasteiger partial charge in [-0.2, -0.15) is 0 Å². The lowest BCUT2D eigenvalue weighted by Crippen LogP contribution is -2.02. The van der Waals surface area contributed by atoms with Gasteiger partial charge in [-0.25, -0.2) is 0 Å². The second-order valence-corrected chi connectivity index (χ2v) is 4.22. The molecule has 0 aromatic rings. The fourth-order valence-corrected chi connectivity index (χ4v) is 0.946. The first-order valence-corrected chi connectivity index (χ1v) is 5.74. The second-order valence-electron chi connectivity index (χ2n) is 2.81. The van der Waals surface area contributed by atoms with Gasteiger partial charge in [-0.3, -0.25) is 4.79 Å². The Bertz CT molecular complexity index is 83.3. The lowest BCUT2D eigenvalue weighted by Gasteiger charge is -2.05. The van der Waals surface area contributed by atoms with Crippen molar-refractivity contribution in [2.24, 2.45) is 0 Å². The van der Waals surface area contributed by atoms with Crippen LogP contribution in [0.3, 0.4) is 0 Å². The maximum Gasteiger partial charge on any atom is 0.132 e. The minimum absolute atomic E-state index is 0.464. The van der Waals surface area contributed by atoms with Crippen LogP contribution in [-0.4, -0.2) is 16.0 Å². The van der Waals surface area contributed by atoms with Crippen molar-refractivity contribution in [2.45, 2.75) is 45.1 Å². The van der Waals surface area contributed by atoms with Crippen LogP contribution < -0.4 is 0 Å². The molecule has 0 heterocycles. The zero-order valence-electron chi connectivity index (χ0n) is 7.15. The first-order valence-electron chi connectivity index (χ1n) is 4.33. The number of Topliss-reactive ketones (excluding diaryl/α,β-unsaturated/α-hetero) is 1. The van der Waals surface area contributed by atoms with Crippen molar-refractivity contribution in [3.05, 3.63) is 0 Å². The molecule has 10 heavy (non-hydrogen) atoms. The van der Waals surface area contributed by atoms with Crippen LogP contribution >= 0.6 is 0 Å². The van der Waals surface area contributed by atoms with Gasteiger partial charge in [0.15, 0.2) is 0 Å². The fraction of sp³-hybridized carbons (Fsp3) is 0.875. The van der Waals surface area contributed by atoms with Gasteiger partial charge in [0.2, 0.25) is 0 Å². The topological polar surface area (TPSA) is 17.1 Å². The van der Waals surface area contributed by atoms with Crippen molar-refractivity contribution in [1.82, 2.24) is 0 Å². The third-order valence-corrected chi connectivity index (χ3v) is 1.41. The molecule has 0 N–H and O–H groups in total. The van der Waals surface area contributed by atoms with Gasteiger partial charge in [0.1, 0.15) is 5.78 Å². The first-order chi connectivity index (χ1) is 4.81. The molecular weight excluding hydrogens is 140 g/mol. The van der Waals surface area contributed by atoms with Crippen LogP contribution in [-0.2, 0) is 4.79 Å². The quantitative estimate of drug-likeness (QED) is 0.486. The highest BCUT2D eigenvalue weighted by Gasteiger charge is 2.05. The average molecular weight is 158 g/mol. The van der Waals surface area contributed by atoms with Crippen LogP contribution in [0.5, 0.6) is 0 Å². The van der Waals surface area contributed by atoms with E-state index in [0.29, 0.717) is 5.78 Å². The molecule has 1 fully saturated rings. The predicted octanol–water partition coefficient (Wildman–Crippen LogP) is 1.31. The van der Waals surface area contributed by atoms with Gasteiger partial charge in [-0.05, 0) is 12.8 Å². The third-order valence-electron chi connectivity index (χ3n) is 1.41. The summed E-state index contributed by atoms with van der Waals surface area (Å²) in [6, 6.07) is 1.39. The molecule has 0 unspecified atom stereocenters. The summed E-state index contributed by atoms with van der Waals surface area (Å²) >= 11 is 0. The summed E-state index contributed by atoms with van der Waals surface area (Å²) in [5, 5.41) is 0. The van der Waals surface area contributed by atoms with Gasteiger partial charge in [0, 0.05) is 23.1 Å². The molecule has 2 heteroatoms. The summed E-state index contributed by atoms with van der Waals surface area (Å²) in [6.07, 6.45) is 5.24. The zero-order chi connectivity index (χ0) is 7.82. The van der Waals surface area contributed by atoms with Crippen molar-refractivity contribution >= 4 is 16.0 Å². The van der Waals surface area contributed by atoms with Crippen LogP contribution in [0.4, 0.5) is 0 Å². The van der Waals surface area contributed by atoms with Crippen LogP contribution in [0.1, 0.15) is 39.0 Å². The van der Waals surface area contributed by atoms with E-state index in [1.807, 2.05) is 0 Å². The van der Waals surface area contributed by atoms with Crippen molar-refractivity contribution in [1.29, 1.82) is 0 Å². The Morgan fingerprint density at radius 1 is 1.30 bits per heavy atom. The number of rotatable bonds is 0. The number of hydrogen-bond donors (Lipinski definition) is 0. The summed E-state index contributed by atoms with van der Waals surface area (Å²) in [6.45, 7) is 2.19. The highest BCUT2D eigenvalue weighted by molar-refractivity contribution is 6.08. The van der Waals surface area contributed by atoms with E-state index >= 15 is 0 Å². The van der Waals surface area contributed by atoms with Gasteiger partial charge >= 0.3 is 0 Å². The Balaban J connectivity index is 0.000000236. The fourth-order valence-electron chi connectivity index (χ4n) is 0.946. The minimum Gasteiger partial charge on any atom is -0.300 e. The molecule has 0 bridgehead atoms. The maximum atomic E-state index is 10.5. The molecule has 1 nitrogen and oxygen atoms in total. The lowest BCUT2D eigenvalue weighted by atomic mass is 10.00. The van der Waals surface area contributed by atoms with E-state index in [4.69, 9.17) is 0 Å². The second kappa shape index (κ2) is 7.00. The van der Waals surface area contributed by atoms with E-state index in [1.165, 1.54) is 22.7 Å². The Labute approximate surface area is 66.6 Å². The lowest BCUT2D eigenvalue weighted by molar-refractivity contribution is -0.120. The summed E-state index contributed by atoms with van der Waals surface area (Å²) in [5.74, 6) is 0.464. The Morgan fingerprint density at radius 2 is 1.70 bits per heavy atom. The zero-order valence-corrected chi connectivity index (χ0v) is 9.15. The van der Waals surface area contributed by atoms with E-state index in [2.05, 4.69) is 6.92 Å². The molecule has 0 aromatic carbocycles. The Hall–Kier alpha value is -0.113. The molecular formula is C8H18OSi. The van der Waals surface area contributed by atoms with Gasteiger partial charge in [-0.15, -0.1) is 0 Å². The Morgan fingerprint density at radius 3 is 1.90 bits per heavy atom. The SMILES string of the molecule is CC[SiH3].O=C1CCCCC1. The molecule has 0 atom stereocenters. The normalized spacial score (nSPS) is 17.9. The monoisotopic (exact) mass is 158 g/mol. The molecule has 0 amide bonds. The van der Waals surface area contributed by atoms with Gasteiger partial charge < -0.3 is 0 Å². The van der Waals surface area contributed by atoms with Gasteiger partial charge in [-0.1, -0.05) is 19.4 Å². The smallest absolute Gasteiger partial charge is 0.132 e. The largest absolute Gasteiger partial charge is 0.300 e. The molecule has 1 aliphatic carbocycles. The van der Waals surface area contributed by atoms with Crippen LogP contribution in [0.15, 0.2) is 0 Å². The standard InChI is InChI=1S/C6H10O.C2H8Si/c7-6-4-2-1-3-5-6;1-2-3/h1-5H2;2H2,1,3H3. The third kappa shape index (κ3) is 6.01. The summed E-state index contributed by atoms with van der Waals surface area (Å²) in [4.78, 5) is 10.5. The van der Waals surface area contributed by atoms with Crippen LogP contribution in [0.25, 0.3) is 0 Å². The number of hydrogen-bond acceptors (Lipinski definition) is 1. The highest BCUT2D eigenvalue weighted by atomic mass is 28.1. The average Bonchev–Trinajstić information content (AvgIpc) is 1.91. The molecule has 1 aliphatic rings. The Kier molecular flexibility index (Phi) is 6.92.